The molecular weight excluding hydrogens is 456 g/mol. The lowest BCUT2D eigenvalue weighted by molar-refractivity contribution is -0.137. The van der Waals surface area contributed by atoms with Crippen molar-refractivity contribution in [2.24, 2.45) is 11.8 Å². The van der Waals surface area contributed by atoms with E-state index < -0.39 is 12.1 Å². The Balaban J connectivity index is 1.35. The zero-order valence-corrected chi connectivity index (χ0v) is 20.9. The molecule has 192 valence electrons. The van der Waals surface area contributed by atoms with Gasteiger partial charge in [0.25, 0.3) is 0 Å². The number of aliphatic carboxylic acids is 1. The Kier molecular flexibility index (Phi) is 9.19. The van der Waals surface area contributed by atoms with Crippen LogP contribution in [0.15, 0.2) is 49.1 Å². The second-order valence-electron chi connectivity index (χ2n) is 9.72. The van der Waals surface area contributed by atoms with Gasteiger partial charge in [-0.05, 0) is 93.3 Å². The van der Waals surface area contributed by atoms with Crippen LogP contribution in [0.25, 0.3) is 10.9 Å². The van der Waals surface area contributed by atoms with Crippen molar-refractivity contribution >= 4 is 16.9 Å². The molecule has 1 aliphatic rings. The van der Waals surface area contributed by atoms with Crippen LogP contribution in [0.3, 0.4) is 0 Å². The van der Waals surface area contributed by atoms with Crippen molar-refractivity contribution in [2.45, 2.75) is 51.0 Å². The van der Waals surface area contributed by atoms with Gasteiger partial charge in [-0.3, -0.25) is 19.7 Å². The molecule has 2 unspecified atom stereocenters. The Hall–Kier alpha value is -3.10. The largest absolute Gasteiger partial charge is 0.497 e. The molecule has 0 spiro atoms. The summed E-state index contributed by atoms with van der Waals surface area (Å²) in [6.45, 7) is 2.88. The number of fused-ring (bicyclic) bond motifs is 1. The molecule has 1 fully saturated rings. The molecule has 3 atom stereocenters. The maximum atomic E-state index is 11.3. The molecule has 0 aliphatic carbocycles. The molecular formula is C28H36N4O4. The first-order valence-corrected chi connectivity index (χ1v) is 12.8. The van der Waals surface area contributed by atoms with Crippen LogP contribution < -0.4 is 4.74 Å². The van der Waals surface area contributed by atoms with Gasteiger partial charge >= 0.3 is 5.97 Å². The fraction of sp³-hybridized carbons (Fsp3) is 0.500. The smallest absolute Gasteiger partial charge is 0.303 e. The molecule has 1 aromatic carbocycles. The van der Waals surface area contributed by atoms with Crippen LogP contribution in [0.1, 0.15) is 55.9 Å². The predicted molar refractivity (Wildman–Crippen MR) is 138 cm³/mol. The normalized spacial score (nSPS) is 19.3. The predicted octanol–water partition coefficient (Wildman–Crippen LogP) is 4.28. The van der Waals surface area contributed by atoms with Crippen molar-refractivity contribution in [1.82, 2.24) is 19.9 Å². The quantitative estimate of drug-likeness (QED) is 0.386. The van der Waals surface area contributed by atoms with Crippen LogP contribution in [-0.2, 0) is 11.2 Å². The van der Waals surface area contributed by atoms with Crippen LogP contribution in [0.4, 0.5) is 0 Å². The molecule has 0 amide bonds. The van der Waals surface area contributed by atoms with Gasteiger partial charge in [0, 0.05) is 43.1 Å². The number of nitrogens with zero attached hydrogens (tertiary/aromatic N) is 4. The summed E-state index contributed by atoms with van der Waals surface area (Å²) in [5.74, 6) is 0.709. The fourth-order valence-corrected chi connectivity index (χ4v) is 5.41. The highest BCUT2D eigenvalue weighted by atomic mass is 16.5. The number of aryl methyl sites for hydroxylation is 1. The third kappa shape index (κ3) is 6.98. The van der Waals surface area contributed by atoms with Gasteiger partial charge in [-0.1, -0.05) is 0 Å². The number of hydrogen-bond acceptors (Lipinski definition) is 7. The Bertz CT molecular complexity index is 1130. The summed E-state index contributed by atoms with van der Waals surface area (Å²) in [6.07, 6.45) is 11.6. The van der Waals surface area contributed by atoms with Gasteiger partial charge in [-0.15, -0.1) is 0 Å². The summed E-state index contributed by atoms with van der Waals surface area (Å²) >= 11 is 0. The Labute approximate surface area is 212 Å². The molecule has 2 N–H and O–H groups in total. The first-order valence-electron chi connectivity index (χ1n) is 12.8. The van der Waals surface area contributed by atoms with Crippen LogP contribution in [0.5, 0.6) is 5.75 Å². The van der Waals surface area contributed by atoms with E-state index in [0.717, 1.165) is 73.2 Å². The average molecular weight is 493 g/mol. The molecule has 1 aliphatic heterocycles. The molecule has 1 saturated heterocycles. The second-order valence-corrected chi connectivity index (χ2v) is 9.72. The van der Waals surface area contributed by atoms with Crippen LogP contribution >= 0.6 is 0 Å². The van der Waals surface area contributed by atoms with E-state index in [0.29, 0.717) is 24.7 Å². The van der Waals surface area contributed by atoms with E-state index >= 15 is 0 Å². The highest BCUT2D eigenvalue weighted by Crippen LogP contribution is 2.35. The lowest BCUT2D eigenvalue weighted by Crippen LogP contribution is -2.41. The lowest BCUT2D eigenvalue weighted by Gasteiger charge is -2.39. The van der Waals surface area contributed by atoms with Gasteiger partial charge in [0.15, 0.2) is 0 Å². The van der Waals surface area contributed by atoms with Crippen LogP contribution in [-0.4, -0.2) is 62.8 Å². The van der Waals surface area contributed by atoms with Gasteiger partial charge in [0.2, 0.25) is 0 Å². The molecule has 3 aromatic rings. The van der Waals surface area contributed by atoms with Crippen molar-refractivity contribution in [3.05, 3.63) is 60.3 Å². The monoisotopic (exact) mass is 492 g/mol. The molecule has 3 heterocycles. The number of ether oxygens (including phenoxy) is 1. The summed E-state index contributed by atoms with van der Waals surface area (Å²) in [5, 5.41) is 21.3. The Morgan fingerprint density at radius 1 is 1.17 bits per heavy atom. The van der Waals surface area contributed by atoms with Gasteiger partial charge in [-0.25, -0.2) is 0 Å². The highest BCUT2D eigenvalue weighted by molar-refractivity contribution is 5.83. The number of carboxylic acids is 1. The highest BCUT2D eigenvalue weighted by Gasteiger charge is 2.30. The number of aromatic nitrogens is 3. The van der Waals surface area contributed by atoms with Crippen LogP contribution in [0, 0.1) is 11.8 Å². The van der Waals surface area contributed by atoms with E-state index in [1.807, 2.05) is 30.5 Å². The molecule has 0 saturated carbocycles. The molecule has 0 radical (unpaired) electrons. The summed E-state index contributed by atoms with van der Waals surface area (Å²) in [5.41, 5.74) is 2.70. The van der Waals surface area contributed by atoms with Crippen LogP contribution in [0.2, 0.25) is 0 Å². The summed E-state index contributed by atoms with van der Waals surface area (Å²) in [4.78, 5) is 26.7. The molecule has 36 heavy (non-hydrogen) atoms. The minimum Gasteiger partial charge on any atom is -0.497 e. The number of carboxylic acid groups (broad SMARTS) is 1. The van der Waals surface area contributed by atoms with E-state index in [1.54, 1.807) is 25.7 Å². The van der Waals surface area contributed by atoms with Crippen molar-refractivity contribution in [2.75, 3.05) is 26.7 Å². The summed E-state index contributed by atoms with van der Waals surface area (Å²) in [6, 6.07) is 7.59. The van der Waals surface area contributed by atoms with Gasteiger partial charge < -0.3 is 19.8 Å². The average Bonchev–Trinajstić information content (AvgIpc) is 2.91. The van der Waals surface area contributed by atoms with E-state index in [-0.39, 0.29) is 6.42 Å². The van der Waals surface area contributed by atoms with E-state index in [4.69, 9.17) is 4.74 Å². The third-order valence-electron chi connectivity index (χ3n) is 7.38. The number of benzene rings is 1. The summed E-state index contributed by atoms with van der Waals surface area (Å²) in [7, 11) is 1.63. The molecule has 0 bridgehead atoms. The maximum absolute atomic E-state index is 11.3. The number of carbonyl (C=O) groups is 1. The molecule has 8 heteroatoms. The van der Waals surface area contributed by atoms with Crippen molar-refractivity contribution < 1.29 is 19.7 Å². The summed E-state index contributed by atoms with van der Waals surface area (Å²) < 4.78 is 5.37. The van der Waals surface area contributed by atoms with E-state index in [9.17, 15) is 15.0 Å². The van der Waals surface area contributed by atoms with Gasteiger partial charge in [0.05, 0.1) is 24.4 Å². The topological polar surface area (TPSA) is 109 Å². The fourth-order valence-electron chi connectivity index (χ4n) is 5.41. The number of aliphatic hydroxyl groups is 1. The zero-order chi connectivity index (χ0) is 25.3. The zero-order valence-electron chi connectivity index (χ0n) is 20.9. The number of likely N-dealkylation sites (tertiary alicyclic amines) is 1. The number of piperidine rings is 1. The number of aliphatic hydroxyl groups excluding tert-OH is 1. The van der Waals surface area contributed by atoms with E-state index in [1.165, 1.54) is 0 Å². The minimum atomic E-state index is -0.745. The SMILES string of the molecule is COc1ccc2nccc([C@@H](O)CCC3CCN(CCCc4cnccn4)CC3CCC(=O)O)c2c1. The first-order chi connectivity index (χ1) is 17.5. The first kappa shape index (κ1) is 26.0. The molecule has 4 rings (SSSR count). The van der Waals surface area contributed by atoms with Crippen molar-refractivity contribution in [3.8, 4) is 5.75 Å². The maximum Gasteiger partial charge on any atom is 0.303 e. The van der Waals surface area contributed by atoms with Crippen molar-refractivity contribution in [3.63, 3.8) is 0 Å². The second kappa shape index (κ2) is 12.7. The molecule has 8 nitrogen and oxygen atoms in total. The number of pyridine rings is 1. The Morgan fingerprint density at radius 2 is 2.06 bits per heavy atom. The molecule has 2 aromatic heterocycles. The van der Waals surface area contributed by atoms with E-state index in [2.05, 4.69) is 19.9 Å². The lowest BCUT2D eigenvalue weighted by atomic mass is 9.79. The number of methoxy groups -OCH3 is 1. The number of rotatable bonds is 12. The van der Waals surface area contributed by atoms with Gasteiger partial charge in [-0.2, -0.15) is 0 Å². The third-order valence-corrected chi connectivity index (χ3v) is 7.38. The number of hydrogen-bond donors (Lipinski definition) is 2. The Morgan fingerprint density at radius 3 is 2.83 bits per heavy atom. The van der Waals surface area contributed by atoms with Crippen molar-refractivity contribution in [1.29, 1.82) is 0 Å². The minimum absolute atomic E-state index is 0.186. The van der Waals surface area contributed by atoms with Gasteiger partial charge in [0.1, 0.15) is 5.75 Å². The standard InChI is InChI=1S/C28H36N4O4/c1-36-23-6-7-26-25(17-23)24(10-12-31-26)27(33)8-4-20-11-16-32(19-21(20)5-9-28(34)35)15-2-3-22-18-29-13-14-30-22/h6-7,10,12-14,17-18,20-21,27,33H,2-5,8-9,11,15-16,19H2,1H3,(H,34,35)/t20?,21?,27-/m0/s1.